The first-order valence-electron chi connectivity index (χ1n) is 6.78. The molecule has 6 heteroatoms. The van der Waals surface area contributed by atoms with E-state index in [9.17, 15) is 9.59 Å². The van der Waals surface area contributed by atoms with Crippen LogP contribution < -0.4 is 10.1 Å². The molecule has 1 rings (SSSR count). The van der Waals surface area contributed by atoms with Gasteiger partial charge in [-0.15, -0.1) is 0 Å². The number of benzene rings is 1. The van der Waals surface area contributed by atoms with Gasteiger partial charge >= 0.3 is 12.0 Å². The molecular formula is C15H22N2O4. The quantitative estimate of drug-likeness (QED) is 0.800. The summed E-state index contributed by atoms with van der Waals surface area (Å²) in [5.74, 6) is -0.712. The molecular weight excluding hydrogens is 272 g/mol. The van der Waals surface area contributed by atoms with Crippen molar-refractivity contribution in [1.82, 2.24) is 10.2 Å². The van der Waals surface area contributed by atoms with Crippen molar-refractivity contribution in [3.05, 3.63) is 29.8 Å². The first kappa shape index (κ1) is 16.8. The first-order valence-corrected chi connectivity index (χ1v) is 6.78. The van der Waals surface area contributed by atoms with Crippen LogP contribution in [0.15, 0.2) is 24.3 Å². The number of ether oxygens (including phenoxy) is 1. The molecule has 0 heterocycles. The first-order chi connectivity index (χ1) is 9.93. The van der Waals surface area contributed by atoms with E-state index in [0.29, 0.717) is 13.0 Å². The van der Waals surface area contributed by atoms with Crippen LogP contribution in [0.3, 0.4) is 0 Å². The Morgan fingerprint density at radius 3 is 2.76 bits per heavy atom. The van der Waals surface area contributed by atoms with Crippen LogP contribution in [0.4, 0.5) is 4.79 Å². The minimum Gasteiger partial charge on any atom is -0.497 e. The number of aliphatic carboxylic acids is 1. The van der Waals surface area contributed by atoms with Gasteiger partial charge in [0.05, 0.1) is 13.0 Å². The van der Waals surface area contributed by atoms with Crippen molar-refractivity contribution in [2.24, 2.45) is 5.92 Å². The molecule has 0 aliphatic carbocycles. The molecule has 21 heavy (non-hydrogen) atoms. The molecule has 0 radical (unpaired) electrons. The number of amides is 2. The van der Waals surface area contributed by atoms with Crippen molar-refractivity contribution in [1.29, 1.82) is 0 Å². The van der Waals surface area contributed by atoms with Gasteiger partial charge in [0.25, 0.3) is 0 Å². The van der Waals surface area contributed by atoms with Gasteiger partial charge in [0.2, 0.25) is 0 Å². The molecule has 1 unspecified atom stereocenters. The van der Waals surface area contributed by atoms with E-state index in [4.69, 9.17) is 9.84 Å². The Hall–Kier alpha value is -2.24. The Balaban J connectivity index is 2.37. The van der Waals surface area contributed by atoms with Crippen LogP contribution in [-0.4, -0.2) is 49.3 Å². The molecule has 6 nitrogen and oxygen atoms in total. The lowest BCUT2D eigenvalue weighted by Crippen LogP contribution is -2.41. The largest absolute Gasteiger partial charge is 0.497 e. The summed E-state index contributed by atoms with van der Waals surface area (Å²) in [5, 5.41) is 11.6. The van der Waals surface area contributed by atoms with Crippen molar-refractivity contribution >= 4 is 12.0 Å². The van der Waals surface area contributed by atoms with Crippen molar-refractivity contribution < 1.29 is 19.4 Å². The van der Waals surface area contributed by atoms with Gasteiger partial charge in [0.15, 0.2) is 0 Å². The number of carbonyl (C=O) groups excluding carboxylic acids is 1. The lowest BCUT2D eigenvalue weighted by atomic mass is 10.1. The highest BCUT2D eigenvalue weighted by Gasteiger charge is 2.16. The average molecular weight is 294 g/mol. The molecule has 2 amide bonds. The Labute approximate surface area is 124 Å². The summed E-state index contributed by atoms with van der Waals surface area (Å²) in [6.45, 7) is 2.24. The average Bonchev–Trinajstić information content (AvgIpc) is 2.47. The van der Waals surface area contributed by atoms with Gasteiger partial charge in [0, 0.05) is 20.1 Å². The molecule has 0 spiro atoms. The van der Waals surface area contributed by atoms with Crippen LogP contribution in [0.2, 0.25) is 0 Å². The number of hydrogen-bond donors (Lipinski definition) is 2. The molecule has 0 saturated carbocycles. The maximum Gasteiger partial charge on any atom is 0.317 e. The smallest absolute Gasteiger partial charge is 0.317 e. The van der Waals surface area contributed by atoms with E-state index in [1.807, 2.05) is 24.3 Å². The summed E-state index contributed by atoms with van der Waals surface area (Å²) >= 11 is 0. The number of carbonyl (C=O) groups is 2. The van der Waals surface area contributed by atoms with Gasteiger partial charge in [-0.1, -0.05) is 19.1 Å². The number of rotatable bonds is 7. The van der Waals surface area contributed by atoms with E-state index < -0.39 is 11.9 Å². The lowest BCUT2D eigenvalue weighted by Gasteiger charge is -2.20. The summed E-state index contributed by atoms with van der Waals surface area (Å²) < 4.78 is 5.14. The topological polar surface area (TPSA) is 78.9 Å². The number of urea groups is 1. The van der Waals surface area contributed by atoms with Crippen molar-refractivity contribution in [2.75, 3.05) is 27.2 Å². The van der Waals surface area contributed by atoms with E-state index in [2.05, 4.69) is 5.32 Å². The third-order valence-corrected chi connectivity index (χ3v) is 3.14. The van der Waals surface area contributed by atoms with E-state index in [0.717, 1.165) is 11.3 Å². The summed E-state index contributed by atoms with van der Waals surface area (Å²) in [6.07, 6.45) is 0.686. The van der Waals surface area contributed by atoms with Crippen molar-refractivity contribution in [3.63, 3.8) is 0 Å². The molecule has 116 valence electrons. The molecule has 1 atom stereocenters. The zero-order valence-corrected chi connectivity index (χ0v) is 12.6. The number of carboxylic acids is 1. The molecule has 2 N–H and O–H groups in total. The van der Waals surface area contributed by atoms with Crippen molar-refractivity contribution in [2.45, 2.75) is 13.3 Å². The fraction of sp³-hybridized carbons (Fsp3) is 0.467. The minimum atomic E-state index is -0.911. The Bertz CT molecular complexity index is 490. The van der Waals surface area contributed by atoms with Gasteiger partial charge < -0.3 is 20.1 Å². The fourth-order valence-electron chi connectivity index (χ4n) is 1.85. The van der Waals surface area contributed by atoms with Crippen molar-refractivity contribution in [3.8, 4) is 5.75 Å². The number of nitrogens with zero attached hydrogens (tertiary/aromatic N) is 1. The Morgan fingerprint density at radius 1 is 1.43 bits per heavy atom. The molecule has 0 aromatic heterocycles. The molecule has 0 aliphatic rings. The summed E-state index contributed by atoms with van der Waals surface area (Å²) in [4.78, 5) is 23.9. The van der Waals surface area contributed by atoms with Crippen LogP contribution >= 0.6 is 0 Å². The highest BCUT2D eigenvalue weighted by molar-refractivity contribution is 5.75. The van der Waals surface area contributed by atoms with Crippen LogP contribution in [-0.2, 0) is 11.2 Å². The number of methoxy groups -OCH3 is 1. The predicted molar refractivity (Wildman–Crippen MR) is 79.5 cm³/mol. The second-order valence-electron chi connectivity index (χ2n) is 4.95. The monoisotopic (exact) mass is 294 g/mol. The molecule has 0 saturated heterocycles. The second kappa shape index (κ2) is 8.14. The number of carboxylic acid groups (broad SMARTS) is 1. The fourth-order valence-corrected chi connectivity index (χ4v) is 1.85. The Kier molecular flexibility index (Phi) is 6.52. The van der Waals surface area contributed by atoms with Crippen LogP contribution in [0.5, 0.6) is 5.75 Å². The van der Waals surface area contributed by atoms with E-state index in [-0.39, 0.29) is 12.6 Å². The molecule has 1 aromatic carbocycles. The highest BCUT2D eigenvalue weighted by Crippen LogP contribution is 2.12. The minimum absolute atomic E-state index is 0.181. The van der Waals surface area contributed by atoms with Crippen LogP contribution in [0.1, 0.15) is 12.5 Å². The standard InChI is InChI=1S/C15H22N2O4/c1-11(14(18)19)10-17(2)15(20)16-8-7-12-5-4-6-13(9-12)21-3/h4-6,9,11H,7-8,10H2,1-3H3,(H,16,20)(H,18,19). The van der Waals surface area contributed by atoms with Gasteiger partial charge in [-0.05, 0) is 24.1 Å². The Morgan fingerprint density at radius 2 is 2.14 bits per heavy atom. The van der Waals surface area contributed by atoms with Gasteiger partial charge in [-0.25, -0.2) is 4.79 Å². The van der Waals surface area contributed by atoms with Gasteiger partial charge in [0.1, 0.15) is 5.75 Å². The van der Waals surface area contributed by atoms with Crippen LogP contribution in [0, 0.1) is 5.92 Å². The summed E-state index contributed by atoms with van der Waals surface area (Å²) in [7, 11) is 3.19. The second-order valence-corrected chi connectivity index (χ2v) is 4.95. The van der Waals surface area contributed by atoms with E-state index in [1.54, 1.807) is 21.1 Å². The van der Waals surface area contributed by atoms with E-state index in [1.165, 1.54) is 4.90 Å². The SMILES string of the molecule is COc1cccc(CCNC(=O)N(C)CC(C)C(=O)O)c1. The van der Waals surface area contributed by atoms with Crippen LogP contribution in [0.25, 0.3) is 0 Å². The maximum absolute atomic E-state index is 11.8. The molecule has 0 bridgehead atoms. The lowest BCUT2D eigenvalue weighted by molar-refractivity contribution is -0.141. The summed E-state index contributed by atoms with van der Waals surface area (Å²) in [6, 6.07) is 7.37. The maximum atomic E-state index is 11.8. The molecule has 1 aromatic rings. The summed E-state index contributed by atoms with van der Waals surface area (Å²) in [5.41, 5.74) is 1.07. The number of hydrogen-bond acceptors (Lipinski definition) is 3. The molecule has 0 fully saturated rings. The van der Waals surface area contributed by atoms with Gasteiger partial charge in [-0.2, -0.15) is 0 Å². The third kappa shape index (κ3) is 5.72. The molecule has 0 aliphatic heterocycles. The predicted octanol–water partition coefficient (Wildman–Crippen LogP) is 1.60. The number of nitrogens with one attached hydrogen (secondary N) is 1. The zero-order chi connectivity index (χ0) is 15.8. The third-order valence-electron chi connectivity index (χ3n) is 3.14. The normalized spacial score (nSPS) is 11.6. The van der Waals surface area contributed by atoms with E-state index >= 15 is 0 Å². The van der Waals surface area contributed by atoms with Gasteiger partial charge in [-0.3, -0.25) is 4.79 Å². The highest BCUT2D eigenvalue weighted by atomic mass is 16.5. The zero-order valence-electron chi connectivity index (χ0n) is 12.6.